The van der Waals surface area contributed by atoms with Crippen LogP contribution < -0.4 is 5.32 Å². The lowest BCUT2D eigenvalue weighted by atomic mass is 9.82. The second-order valence-electron chi connectivity index (χ2n) is 4.78. The van der Waals surface area contributed by atoms with Gasteiger partial charge in [0.15, 0.2) is 5.82 Å². The smallest absolute Gasteiger partial charge is 0.307 e. The van der Waals surface area contributed by atoms with E-state index in [1.807, 2.05) is 19.1 Å². The molecule has 102 valence electrons. The molecule has 2 rings (SSSR count). The van der Waals surface area contributed by atoms with Crippen molar-refractivity contribution in [2.45, 2.75) is 19.8 Å². The molecule has 0 bridgehead atoms. The molecule has 0 aromatic carbocycles. The van der Waals surface area contributed by atoms with Gasteiger partial charge >= 0.3 is 5.97 Å². The van der Waals surface area contributed by atoms with E-state index < -0.39 is 17.8 Å². The van der Waals surface area contributed by atoms with Crippen LogP contribution in [0.15, 0.2) is 18.2 Å². The Kier molecular flexibility index (Phi) is 3.69. The molecule has 0 radical (unpaired) electrons. The highest BCUT2D eigenvalue weighted by atomic mass is 16.4. The number of allylic oxidation sites excluding steroid dienone is 2. The van der Waals surface area contributed by atoms with Crippen LogP contribution in [0.1, 0.15) is 18.5 Å². The van der Waals surface area contributed by atoms with E-state index in [1.54, 1.807) is 17.8 Å². The van der Waals surface area contributed by atoms with Crippen LogP contribution in [0.3, 0.4) is 0 Å². The van der Waals surface area contributed by atoms with E-state index in [1.165, 1.54) is 0 Å². The molecule has 0 saturated carbocycles. The summed E-state index contributed by atoms with van der Waals surface area (Å²) in [5.41, 5.74) is 0.925. The molecule has 0 aliphatic heterocycles. The number of carboxylic acids is 1. The van der Waals surface area contributed by atoms with Crippen molar-refractivity contribution in [1.29, 1.82) is 0 Å². The number of hydrogen-bond donors (Lipinski definition) is 2. The fourth-order valence-electron chi connectivity index (χ4n) is 2.22. The Bertz CT molecular complexity index is 514. The lowest BCUT2D eigenvalue weighted by Gasteiger charge is -2.23. The minimum Gasteiger partial charge on any atom is -0.481 e. The van der Waals surface area contributed by atoms with E-state index in [4.69, 9.17) is 5.11 Å². The zero-order valence-corrected chi connectivity index (χ0v) is 11.0. The molecule has 1 heterocycles. The van der Waals surface area contributed by atoms with Gasteiger partial charge in [0.05, 0.1) is 11.8 Å². The molecule has 0 saturated heterocycles. The van der Waals surface area contributed by atoms with Crippen LogP contribution in [0.2, 0.25) is 0 Å². The average molecular weight is 263 g/mol. The highest BCUT2D eigenvalue weighted by molar-refractivity contribution is 5.94. The van der Waals surface area contributed by atoms with Crippen molar-refractivity contribution in [3.05, 3.63) is 23.9 Å². The molecule has 0 fully saturated rings. The molecule has 0 unspecified atom stereocenters. The van der Waals surface area contributed by atoms with Gasteiger partial charge in [0.25, 0.3) is 0 Å². The number of aromatic nitrogens is 2. The molecule has 6 nitrogen and oxygen atoms in total. The number of carbonyl (C=O) groups is 2. The standard InChI is InChI=1S/C13H17N3O3/c1-8-7-11(15-16(8)2)14-12(17)9-5-3-4-6-10(9)13(18)19/h3-4,7,9-10H,5-6H2,1-2H3,(H,18,19)(H,14,15,17)/t9-,10-/m1/s1. The first-order valence-corrected chi connectivity index (χ1v) is 6.18. The molecule has 1 amide bonds. The van der Waals surface area contributed by atoms with Crippen molar-refractivity contribution >= 4 is 17.7 Å². The molecule has 0 spiro atoms. The molecule has 19 heavy (non-hydrogen) atoms. The molecule has 2 N–H and O–H groups in total. The van der Waals surface area contributed by atoms with Gasteiger partial charge in [0, 0.05) is 18.8 Å². The van der Waals surface area contributed by atoms with Crippen LogP contribution in [0.4, 0.5) is 5.82 Å². The van der Waals surface area contributed by atoms with Crippen molar-refractivity contribution in [3.63, 3.8) is 0 Å². The van der Waals surface area contributed by atoms with E-state index >= 15 is 0 Å². The van der Waals surface area contributed by atoms with Crippen molar-refractivity contribution in [1.82, 2.24) is 9.78 Å². The second-order valence-corrected chi connectivity index (χ2v) is 4.78. The first kappa shape index (κ1) is 13.3. The van der Waals surface area contributed by atoms with E-state index in [2.05, 4.69) is 10.4 Å². The maximum atomic E-state index is 12.1. The van der Waals surface area contributed by atoms with Crippen LogP contribution in [0.25, 0.3) is 0 Å². The molecule has 1 aliphatic carbocycles. The molecular weight excluding hydrogens is 246 g/mol. The van der Waals surface area contributed by atoms with Gasteiger partial charge in [-0.2, -0.15) is 5.10 Å². The summed E-state index contributed by atoms with van der Waals surface area (Å²) in [6.07, 6.45) is 4.52. The summed E-state index contributed by atoms with van der Waals surface area (Å²) in [6, 6.07) is 1.76. The number of carboxylic acid groups (broad SMARTS) is 1. The number of nitrogens with one attached hydrogen (secondary N) is 1. The Morgan fingerprint density at radius 3 is 2.53 bits per heavy atom. The topological polar surface area (TPSA) is 84.2 Å². The second kappa shape index (κ2) is 5.26. The van der Waals surface area contributed by atoms with E-state index in [9.17, 15) is 9.59 Å². The SMILES string of the molecule is Cc1cc(NC(=O)[C@@H]2CC=CC[C@H]2C(=O)O)nn1C. The number of aliphatic carboxylic acids is 1. The number of carbonyl (C=O) groups excluding carboxylic acids is 1. The summed E-state index contributed by atoms with van der Waals surface area (Å²) >= 11 is 0. The first-order valence-electron chi connectivity index (χ1n) is 6.18. The lowest BCUT2D eigenvalue weighted by molar-refractivity contribution is -0.146. The van der Waals surface area contributed by atoms with Gasteiger partial charge < -0.3 is 10.4 Å². The number of aryl methyl sites for hydroxylation is 2. The Morgan fingerprint density at radius 2 is 2.00 bits per heavy atom. The van der Waals surface area contributed by atoms with Crippen LogP contribution in [-0.4, -0.2) is 26.8 Å². The first-order chi connectivity index (χ1) is 8.99. The number of rotatable bonds is 3. The Labute approximate surface area is 111 Å². The summed E-state index contributed by atoms with van der Waals surface area (Å²) in [5, 5.41) is 16.0. The molecule has 2 atom stereocenters. The zero-order chi connectivity index (χ0) is 14.0. The fourth-order valence-corrected chi connectivity index (χ4v) is 2.22. The van der Waals surface area contributed by atoms with Crippen molar-refractivity contribution < 1.29 is 14.7 Å². The summed E-state index contributed by atoms with van der Waals surface area (Å²) in [6.45, 7) is 1.88. The molecule has 6 heteroatoms. The molecule has 1 aliphatic rings. The normalized spacial score (nSPS) is 22.2. The number of amides is 1. The fraction of sp³-hybridized carbons (Fsp3) is 0.462. The van der Waals surface area contributed by atoms with Gasteiger partial charge in [-0.3, -0.25) is 14.3 Å². The largest absolute Gasteiger partial charge is 0.481 e. The zero-order valence-electron chi connectivity index (χ0n) is 11.0. The van der Waals surface area contributed by atoms with Gasteiger partial charge in [-0.25, -0.2) is 0 Å². The van der Waals surface area contributed by atoms with Crippen LogP contribution in [-0.2, 0) is 16.6 Å². The third-order valence-electron chi connectivity index (χ3n) is 3.45. The minimum atomic E-state index is -0.929. The Balaban J connectivity index is 2.10. The maximum Gasteiger partial charge on any atom is 0.307 e. The monoisotopic (exact) mass is 263 g/mol. The number of hydrogen-bond acceptors (Lipinski definition) is 3. The summed E-state index contributed by atoms with van der Waals surface area (Å²) in [5.74, 6) is -1.94. The summed E-state index contributed by atoms with van der Waals surface area (Å²) in [7, 11) is 1.79. The van der Waals surface area contributed by atoms with Crippen LogP contribution in [0, 0.1) is 18.8 Å². The maximum absolute atomic E-state index is 12.1. The van der Waals surface area contributed by atoms with Crippen molar-refractivity contribution in [2.75, 3.05) is 5.32 Å². The summed E-state index contributed by atoms with van der Waals surface area (Å²) < 4.78 is 1.66. The molecular formula is C13H17N3O3. The molecule has 1 aromatic heterocycles. The van der Waals surface area contributed by atoms with E-state index in [-0.39, 0.29) is 5.91 Å². The summed E-state index contributed by atoms with van der Waals surface area (Å²) in [4.78, 5) is 23.3. The molecule has 1 aromatic rings. The van der Waals surface area contributed by atoms with Gasteiger partial charge in [0.1, 0.15) is 0 Å². The predicted molar refractivity (Wildman–Crippen MR) is 69.6 cm³/mol. The lowest BCUT2D eigenvalue weighted by Crippen LogP contribution is -2.34. The third kappa shape index (κ3) is 2.83. The van der Waals surface area contributed by atoms with Gasteiger partial charge in [-0.15, -0.1) is 0 Å². The van der Waals surface area contributed by atoms with E-state index in [0.717, 1.165) is 5.69 Å². The van der Waals surface area contributed by atoms with Crippen molar-refractivity contribution in [2.24, 2.45) is 18.9 Å². The average Bonchev–Trinajstić information content (AvgIpc) is 2.68. The Hall–Kier alpha value is -2.11. The quantitative estimate of drug-likeness (QED) is 0.806. The van der Waals surface area contributed by atoms with Crippen molar-refractivity contribution in [3.8, 4) is 0 Å². The number of anilines is 1. The minimum absolute atomic E-state index is 0.283. The predicted octanol–water partition coefficient (Wildman–Crippen LogP) is 1.33. The highest BCUT2D eigenvalue weighted by Crippen LogP contribution is 2.27. The van der Waals surface area contributed by atoms with Gasteiger partial charge in [-0.1, -0.05) is 12.2 Å². The third-order valence-corrected chi connectivity index (χ3v) is 3.45. The highest BCUT2D eigenvalue weighted by Gasteiger charge is 2.34. The number of nitrogens with zero attached hydrogens (tertiary/aromatic N) is 2. The van der Waals surface area contributed by atoms with E-state index in [0.29, 0.717) is 18.7 Å². The van der Waals surface area contributed by atoms with Crippen LogP contribution >= 0.6 is 0 Å². The Morgan fingerprint density at radius 1 is 1.37 bits per heavy atom. The van der Waals surface area contributed by atoms with Gasteiger partial charge in [-0.05, 0) is 19.8 Å². The van der Waals surface area contributed by atoms with Crippen LogP contribution in [0.5, 0.6) is 0 Å². The van der Waals surface area contributed by atoms with Gasteiger partial charge in [0.2, 0.25) is 5.91 Å².